The third-order valence-corrected chi connectivity index (χ3v) is 5.12. The summed E-state index contributed by atoms with van der Waals surface area (Å²) in [6, 6.07) is 14.1. The van der Waals surface area contributed by atoms with Gasteiger partial charge < -0.3 is 10.1 Å². The SMILES string of the molecule is Cc1ccc(Oc2ccc(F)cc2Cl)c(C(=O)Nc2cccc(S(N)(=O)=O)c2)c1. The monoisotopic (exact) mass is 434 g/mol. The van der Waals surface area contributed by atoms with Gasteiger partial charge in [-0.15, -0.1) is 0 Å². The second-order valence-electron chi connectivity index (χ2n) is 6.20. The number of carbonyl (C=O) groups is 1. The van der Waals surface area contributed by atoms with Crippen LogP contribution in [0.2, 0.25) is 5.02 Å². The molecule has 0 aliphatic rings. The van der Waals surface area contributed by atoms with Gasteiger partial charge in [0.1, 0.15) is 17.3 Å². The van der Waals surface area contributed by atoms with Crippen LogP contribution < -0.4 is 15.2 Å². The van der Waals surface area contributed by atoms with E-state index in [1.165, 1.54) is 36.4 Å². The molecule has 3 N–H and O–H groups in total. The average molecular weight is 435 g/mol. The summed E-state index contributed by atoms with van der Waals surface area (Å²) in [7, 11) is -3.91. The molecular weight excluding hydrogens is 419 g/mol. The molecule has 3 aromatic rings. The Hall–Kier alpha value is -2.94. The molecule has 1 amide bonds. The summed E-state index contributed by atoms with van der Waals surface area (Å²) in [6.45, 7) is 1.80. The third kappa shape index (κ3) is 5.11. The minimum Gasteiger partial charge on any atom is -0.455 e. The van der Waals surface area contributed by atoms with E-state index in [4.69, 9.17) is 21.5 Å². The predicted octanol–water partition coefficient (Wildman–Crippen LogP) is 4.48. The number of anilines is 1. The van der Waals surface area contributed by atoms with Gasteiger partial charge in [-0.25, -0.2) is 17.9 Å². The Kier molecular flexibility index (Phi) is 5.88. The first kappa shape index (κ1) is 20.8. The van der Waals surface area contributed by atoms with Crippen molar-refractivity contribution in [1.82, 2.24) is 0 Å². The fourth-order valence-corrected chi connectivity index (χ4v) is 3.30. The van der Waals surface area contributed by atoms with E-state index in [1.54, 1.807) is 25.1 Å². The van der Waals surface area contributed by atoms with E-state index < -0.39 is 21.7 Å². The van der Waals surface area contributed by atoms with E-state index in [0.717, 1.165) is 11.6 Å². The highest BCUT2D eigenvalue weighted by molar-refractivity contribution is 7.89. The van der Waals surface area contributed by atoms with Crippen LogP contribution in [0.1, 0.15) is 15.9 Å². The molecule has 0 bridgehead atoms. The number of primary sulfonamides is 1. The number of amides is 1. The smallest absolute Gasteiger partial charge is 0.259 e. The van der Waals surface area contributed by atoms with Crippen molar-refractivity contribution in [2.45, 2.75) is 11.8 Å². The molecule has 6 nitrogen and oxygen atoms in total. The number of aryl methyl sites for hydroxylation is 1. The Labute approximate surface area is 172 Å². The highest BCUT2D eigenvalue weighted by atomic mass is 35.5. The molecule has 0 saturated carbocycles. The summed E-state index contributed by atoms with van der Waals surface area (Å²) in [4.78, 5) is 12.7. The Morgan fingerprint density at radius 2 is 1.79 bits per heavy atom. The quantitative estimate of drug-likeness (QED) is 0.618. The van der Waals surface area contributed by atoms with Crippen LogP contribution in [0.3, 0.4) is 0 Å². The summed E-state index contributed by atoms with van der Waals surface area (Å²) in [5.41, 5.74) is 1.23. The fraction of sp³-hybridized carbons (Fsp3) is 0.0500. The number of nitrogens with two attached hydrogens (primary N) is 1. The molecular formula is C20H16ClFN2O4S. The largest absolute Gasteiger partial charge is 0.455 e. The maximum Gasteiger partial charge on any atom is 0.259 e. The van der Waals surface area contributed by atoms with Gasteiger partial charge in [0.15, 0.2) is 0 Å². The Bertz CT molecular complexity index is 1200. The van der Waals surface area contributed by atoms with Crippen molar-refractivity contribution >= 4 is 33.2 Å². The first-order chi connectivity index (χ1) is 13.6. The lowest BCUT2D eigenvalue weighted by molar-refractivity contribution is 0.102. The number of carbonyl (C=O) groups excluding carboxylic acids is 1. The van der Waals surface area contributed by atoms with Crippen LogP contribution in [-0.2, 0) is 10.0 Å². The molecule has 0 aliphatic heterocycles. The van der Waals surface area contributed by atoms with Crippen LogP contribution >= 0.6 is 11.6 Å². The van der Waals surface area contributed by atoms with Gasteiger partial charge in [-0.1, -0.05) is 29.3 Å². The Balaban J connectivity index is 1.92. The highest BCUT2D eigenvalue weighted by Crippen LogP contribution is 2.32. The van der Waals surface area contributed by atoms with Gasteiger partial charge in [0.25, 0.3) is 5.91 Å². The average Bonchev–Trinajstić information content (AvgIpc) is 2.64. The number of ether oxygens (including phenoxy) is 1. The van der Waals surface area contributed by atoms with Crippen LogP contribution in [0.5, 0.6) is 11.5 Å². The number of hydrogen-bond donors (Lipinski definition) is 2. The van der Waals surface area contributed by atoms with Crippen LogP contribution in [0.15, 0.2) is 65.6 Å². The van der Waals surface area contributed by atoms with Crippen molar-refractivity contribution in [3.63, 3.8) is 0 Å². The number of hydrogen-bond acceptors (Lipinski definition) is 4. The summed E-state index contributed by atoms with van der Waals surface area (Å²) in [5, 5.41) is 7.79. The van der Waals surface area contributed by atoms with Gasteiger partial charge in [0.05, 0.1) is 15.5 Å². The minimum absolute atomic E-state index is 0.0535. The molecule has 0 saturated heterocycles. The highest BCUT2D eigenvalue weighted by Gasteiger charge is 2.16. The van der Waals surface area contributed by atoms with Crippen molar-refractivity contribution < 1.29 is 22.3 Å². The minimum atomic E-state index is -3.91. The summed E-state index contributed by atoms with van der Waals surface area (Å²) >= 11 is 6.00. The molecule has 9 heteroatoms. The van der Waals surface area contributed by atoms with E-state index in [9.17, 15) is 17.6 Å². The second-order valence-corrected chi connectivity index (χ2v) is 8.17. The molecule has 150 valence electrons. The van der Waals surface area contributed by atoms with Gasteiger partial charge in [-0.3, -0.25) is 4.79 Å². The third-order valence-electron chi connectivity index (χ3n) is 3.91. The van der Waals surface area contributed by atoms with Crippen LogP contribution in [-0.4, -0.2) is 14.3 Å². The van der Waals surface area contributed by atoms with E-state index in [1.807, 2.05) is 0 Å². The van der Waals surface area contributed by atoms with E-state index >= 15 is 0 Å². The van der Waals surface area contributed by atoms with Crippen molar-refractivity contribution in [2.24, 2.45) is 5.14 Å². The maximum atomic E-state index is 13.2. The van der Waals surface area contributed by atoms with Gasteiger partial charge in [0, 0.05) is 5.69 Å². The van der Waals surface area contributed by atoms with E-state index in [0.29, 0.717) is 0 Å². The molecule has 0 radical (unpaired) electrons. The molecule has 0 aromatic heterocycles. The van der Waals surface area contributed by atoms with Crippen LogP contribution in [0, 0.1) is 12.7 Å². The molecule has 3 aromatic carbocycles. The van der Waals surface area contributed by atoms with Crippen molar-refractivity contribution in [3.8, 4) is 11.5 Å². The van der Waals surface area contributed by atoms with Gasteiger partial charge in [-0.2, -0.15) is 0 Å². The number of rotatable bonds is 5. The number of nitrogens with one attached hydrogen (secondary N) is 1. The molecule has 0 fully saturated rings. The first-order valence-electron chi connectivity index (χ1n) is 8.31. The normalized spacial score (nSPS) is 11.2. The van der Waals surface area contributed by atoms with Crippen molar-refractivity contribution in [2.75, 3.05) is 5.32 Å². The second kappa shape index (κ2) is 8.20. The van der Waals surface area contributed by atoms with Gasteiger partial charge >= 0.3 is 0 Å². The zero-order valence-electron chi connectivity index (χ0n) is 15.1. The molecule has 0 spiro atoms. The van der Waals surface area contributed by atoms with E-state index in [-0.39, 0.29) is 32.7 Å². The molecule has 0 atom stereocenters. The summed E-state index contributed by atoms with van der Waals surface area (Å²) < 4.78 is 42.0. The predicted molar refractivity (Wildman–Crippen MR) is 108 cm³/mol. The molecule has 0 aliphatic carbocycles. The summed E-state index contributed by atoms with van der Waals surface area (Å²) in [6.07, 6.45) is 0. The number of halogens is 2. The molecule has 0 heterocycles. The number of sulfonamides is 1. The van der Waals surface area contributed by atoms with Crippen molar-refractivity contribution in [3.05, 3.63) is 82.6 Å². The topological polar surface area (TPSA) is 98.5 Å². The van der Waals surface area contributed by atoms with Gasteiger partial charge in [-0.05, 0) is 55.5 Å². The van der Waals surface area contributed by atoms with Crippen LogP contribution in [0.4, 0.5) is 10.1 Å². The Morgan fingerprint density at radius 3 is 2.48 bits per heavy atom. The fourth-order valence-electron chi connectivity index (χ4n) is 2.54. The van der Waals surface area contributed by atoms with Crippen molar-refractivity contribution in [1.29, 1.82) is 0 Å². The first-order valence-corrected chi connectivity index (χ1v) is 10.2. The lowest BCUT2D eigenvalue weighted by Crippen LogP contribution is -2.15. The van der Waals surface area contributed by atoms with Crippen LogP contribution in [0.25, 0.3) is 0 Å². The zero-order valence-corrected chi connectivity index (χ0v) is 16.7. The molecule has 29 heavy (non-hydrogen) atoms. The number of benzene rings is 3. The lowest BCUT2D eigenvalue weighted by atomic mass is 10.1. The zero-order chi connectivity index (χ0) is 21.2. The molecule has 3 rings (SSSR count). The lowest BCUT2D eigenvalue weighted by Gasteiger charge is -2.13. The molecule has 0 unspecified atom stereocenters. The summed E-state index contributed by atoms with van der Waals surface area (Å²) in [5.74, 6) is -0.668. The Morgan fingerprint density at radius 1 is 1.07 bits per heavy atom. The van der Waals surface area contributed by atoms with E-state index in [2.05, 4.69) is 5.32 Å². The maximum absolute atomic E-state index is 13.2. The van der Waals surface area contributed by atoms with Gasteiger partial charge in [0.2, 0.25) is 10.0 Å². The standard InChI is InChI=1S/C20H16ClFN2O4S/c1-12-5-7-18(28-19-8-6-13(22)10-17(19)21)16(9-12)20(25)24-14-3-2-4-15(11-14)29(23,26)27/h2-11H,1H3,(H,24,25)(H2,23,26,27).